The molecule has 0 fully saturated rings. The van der Waals surface area contributed by atoms with Crippen molar-refractivity contribution in [1.29, 1.82) is 5.41 Å². The fourth-order valence-corrected chi connectivity index (χ4v) is 2.43. The van der Waals surface area contributed by atoms with Crippen LogP contribution in [-0.2, 0) is 0 Å². The molecule has 1 atom stereocenters. The van der Waals surface area contributed by atoms with Gasteiger partial charge in [-0.15, -0.1) is 5.73 Å². The molecule has 1 aromatic carbocycles. The largest absolute Gasteiger partial charge is 0.304 e. The number of allylic oxidation sites excluding steroid dienone is 3. The van der Waals surface area contributed by atoms with E-state index in [-0.39, 0.29) is 5.41 Å². The molecule has 0 amide bonds. The van der Waals surface area contributed by atoms with Gasteiger partial charge in [0.25, 0.3) is 0 Å². The van der Waals surface area contributed by atoms with Crippen molar-refractivity contribution < 1.29 is 0 Å². The topological polar surface area (TPSA) is 23.9 Å². The number of rotatable bonds is 4. The van der Waals surface area contributed by atoms with Crippen molar-refractivity contribution in [3.63, 3.8) is 0 Å². The monoisotopic (exact) mass is 271 g/mol. The molecule has 0 heterocycles. The summed E-state index contributed by atoms with van der Waals surface area (Å²) in [6.07, 6.45) is 5.93. The fraction of sp³-hybridized carbons (Fsp3) is 0.294. The zero-order chi connectivity index (χ0) is 14.0. The lowest BCUT2D eigenvalue weighted by atomic mass is 9.68. The molecule has 0 saturated carbocycles. The molecular weight excluding hydrogens is 254 g/mol. The molecule has 1 aliphatic carbocycles. The van der Waals surface area contributed by atoms with Crippen LogP contribution in [0.5, 0.6) is 0 Å². The molecule has 19 heavy (non-hydrogen) atoms. The average molecular weight is 272 g/mol. The first-order valence-corrected chi connectivity index (χ1v) is 6.83. The summed E-state index contributed by atoms with van der Waals surface area (Å²) >= 11 is 5.92. The third kappa shape index (κ3) is 2.45. The highest BCUT2D eigenvalue weighted by atomic mass is 35.5. The van der Waals surface area contributed by atoms with Gasteiger partial charge < -0.3 is 5.41 Å². The summed E-state index contributed by atoms with van der Waals surface area (Å²) in [5, 5.41) is 9.29. The molecule has 1 aromatic rings. The Kier molecular flexibility index (Phi) is 3.80. The van der Waals surface area contributed by atoms with Gasteiger partial charge in [-0.1, -0.05) is 43.7 Å². The van der Waals surface area contributed by atoms with Gasteiger partial charge in [0.05, 0.1) is 0 Å². The van der Waals surface area contributed by atoms with E-state index in [2.05, 4.69) is 26.5 Å². The average Bonchev–Trinajstić information content (AvgIpc) is 2.92. The van der Waals surface area contributed by atoms with Gasteiger partial charge >= 0.3 is 0 Å². The molecule has 0 spiro atoms. The van der Waals surface area contributed by atoms with Crippen LogP contribution in [0.4, 0.5) is 0 Å². The molecule has 98 valence electrons. The highest BCUT2D eigenvalue weighted by Gasteiger charge is 2.37. The van der Waals surface area contributed by atoms with Crippen LogP contribution in [0.2, 0.25) is 5.02 Å². The number of halogens is 1. The van der Waals surface area contributed by atoms with Crippen molar-refractivity contribution in [2.45, 2.75) is 20.8 Å². The van der Waals surface area contributed by atoms with Crippen LogP contribution in [0.3, 0.4) is 0 Å². The maximum atomic E-state index is 8.60. The third-order valence-corrected chi connectivity index (χ3v) is 4.22. The minimum Gasteiger partial charge on any atom is -0.304 e. The summed E-state index contributed by atoms with van der Waals surface area (Å²) in [6.45, 7) is 6.40. The van der Waals surface area contributed by atoms with Gasteiger partial charge in [0.15, 0.2) is 0 Å². The predicted molar refractivity (Wildman–Crippen MR) is 82.0 cm³/mol. The summed E-state index contributed by atoms with van der Waals surface area (Å²) < 4.78 is 0. The maximum Gasteiger partial charge on any atom is 0.0497 e. The summed E-state index contributed by atoms with van der Waals surface area (Å²) in [5.74, 6) is 0.314. The molecule has 2 rings (SSSR count). The maximum absolute atomic E-state index is 8.60. The van der Waals surface area contributed by atoms with Crippen LogP contribution in [-0.4, -0.2) is 5.71 Å². The zero-order valence-electron chi connectivity index (χ0n) is 11.5. The van der Waals surface area contributed by atoms with E-state index < -0.39 is 0 Å². The summed E-state index contributed by atoms with van der Waals surface area (Å²) in [4.78, 5) is 0. The quantitative estimate of drug-likeness (QED) is 0.587. The second kappa shape index (κ2) is 5.21. The van der Waals surface area contributed by atoms with Crippen molar-refractivity contribution in [1.82, 2.24) is 0 Å². The fourth-order valence-electron chi connectivity index (χ4n) is 2.30. The van der Waals surface area contributed by atoms with Crippen LogP contribution < -0.4 is 0 Å². The van der Waals surface area contributed by atoms with Crippen molar-refractivity contribution in [3.05, 3.63) is 64.4 Å². The smallest absolute Gasteiger partial charge is 0.0497 e. The highest BCUT2D eigenvalue weighted by Crippen LogP contribution is 2.40. The normalized spacial score (nSPS) is 16.6. The van der Waals surface area contributed by atoms with Crippen molar-refractivity contribution >= 4 is 17.3 Å². The molecule has 0 aromatic heterocycles. The lowest BCUT2D eigenvalue weighted by molar-refractivity contribution is 0.398. The molecule has 0 aliphatic heterocycles. The molecule has 1 N–H and O–H groups in total. The summed E-state index contributed by atoms with van der Waals surface area (Å²) in [6, 6.07) is 7.49. The number of nitrogens with one attached hydrogen (secondary N) is 1. The van der Waals surface area contributed by atoms with Gasteiger partial charge in [0.1, 0.15) is 0 Å². The molecule has 0 radical (unpaired) electrons. The Morgan fingerprint density at radius 3 is 2.37 bits per heavy atom. The molecular formula is C17H18ClN. The minimum atomic E-state index is -0.336. The first kappa shape index (κ1) is 13.9. The predicted octanol–water partition coefficient (Wildman–Crippen LogP) is 5.02. The Hall–Kier alpha value is -1.56. The van der Waals surface area contributed by atoms with E-state index in [4.69, 9.17) is 17.0 Å². The number of benzene rings is 1. The van der Waals surface area contributed by atoms with E-state index in [0.29, 0.717) is 16.7 Å². The summed E-state index contributed by atoms with van der Waals surface area (Å²) in [5.41, 5.74) is 5.51. The molecule has 1 aliphatic rings. The molecule has 1 nitrogen and oxygen atoms in total. The number of hydrogen-bond acceptors (Lipinski definition) is 1. The van der Waals surface area contributed by atoms with Gasteiger partial charge in [-0.25, -0.2) is 0 Å². The van der Waals surface area contributed by atoms with E-state index >= 15 is 0 Å². The van der Waals surface area contributed by atoms with Gasteiger partial charge in [-0.3, -0.25) is 0 Å². The van der Waals surface area contributed by atoms with Gasteiger partial charge in [0.2, 0.25) is 0 Å². The second-order valence-corrected chi connectivity index (χ2v) is 5.76. The lowest BCUT2D eigenvalue weighted by Gasteiger charge is -2.34. The highest BCUT2D eigenvalue weighted by molar-refractivity contribution is 6.30. The van der Waals surface area contributed by atoms with Gasteiger partial charge in [-0.2, -0.15) is 0 Å². The van der Waals surface area contributed by atoms with Crippen LogP contribution in [0.25, 0.3) is 0 Å². The van der Waals surface area contributed by atoms with E-state index in [9.17, 15) is 0 Å². The Morgan fingerprint density at radius 1 is 1.26 bits per heavy atom. The van der Waals surface area contributed by atoms with Crippen LogP contribution in [0, 0.1) is 16.7 Å². The van der Waals surface area contributed by atoms with Crippen LogP contribution >= 0.6 is 11.6 Å². The van der Waals surface area contributed by atoms with Crippen molar-refractivity contribution in [2.24, 2.45) is 11.3 Å². The second-order valence-electron chi connectivity index (χ2n) is 5.32. The van der Waals surface area contributed by atoms with Crippen LogP contribution in [0.1, 0.15) is 26.3 Å². The standard InChI is InChI=1S/C17H18ClN/c1-12(2)17(3,14-6-4-5-7-14)16(19)13-8-10-15(18)11-9-13/h4-6,8-12,19H,1-3H3/t17-/m0/s1. The zero-order valence-corrected chi connectivity index (χ0v) is 12.3. The van der Waals surface area contributed by atoms with Gasteiger partial charge in [0, 0.05) is 21.7 Å². The Bertz CT molecular complexity index is 586. The Morgan fingerprint density at radius 2 is 1.89 bits per heavy atom. The molecule has 0 bridgehead atoms. The first-order chi connectivity index (χ1) is 8.96. The molecule has 0 saturated heterocycles. The molecule has 0 unspecified atom stereocenters. The van der Waals surface area contributed by atoms with Crippen molar-refractivity contribution in [2.75, 3.05) is 0 Å². The Balaban J connectivity index is 2.45. The van der Waals surface area contributed by atoms with Crippen LogP contribution in [0.15, 0.2) is 53.8 Å². The van der Waals surface area contributed by atoms with E-state index in [1.165, 1.54) is 0 Å². The number of hydrogen-bond donors (Lipinski definition) is 1. The first-order valence-electron chi connectivity index (χ1n) is 6.45. The summed E-state index contributed by atoms with van der Waals surface area (Å²) in [7, 11) is 0. The van der Waals surface area contributed by atoms with E-state index in [1.54, 1.807) is 0 Å². The minimum absolute atomic E-state index is 0.314. The van der Waals surface area contributed by atoms with E-state index in [0.717, 1.165) is 11.1 Å². The third-order valence-electron chi connectivity index (χ3n) is 3.96. The van der Waals surface area contributed by atoms with Gasteiger partial charge in [-0.05, 0) is 42.7 Å². The molecule has 2 heteroatoms. The Labute approximate surface area is 119 Å². The van der Waals surface area contributed by atoms with Crippen molar-refractivity contribution in [3.8, 4) is 0 Å². The van der Waals surface area contributed by atoms with E-state index in [1.807, 2.05) is 42.5 Å². The lowest BCUT2D eigenvalue weighted by Crippen LogP contribution is -2.34. The SMILES string of the molecule is CC(C)[C@](C)(C(=N)c1ccc(Cl)cc1)C1=C=CC=C1.